The second-order valence-electron chi connectivity index (χ2n) is 25.8. The molecule has 0 atom stereocenters. The van der Waals surface area contributed by atoms with E-state index in [9.17, 15) is 23.3 Å². The van der Waals surface area contributed by atoms with Crippen LogP contribution in [0, 0.1) is 37.8 Å². The minimum Gasteiger partial charge on any atom is -0.496 e. The van der Waals surface area contributed by atoms with Gasteiger partial charge in [0.05, 0.1) is 66.7 Å². The topological polar surface area (TPSA) is 236 Å². The molecule has 0 unspecified atom stereocenters. The quantitative estimate of drug-likeness (QED) is 0.0608. The predicted octanol–water partition coefficient (Wildman–Crippen LogP) is 22.9. The van der Waals surface area contributed by atoms with Gasteiger partial charge in [0, 0.05) is 28.3 Å². The molecule has 10 aromatic carbocycles. The number of hydrogen-bond acceptors (Lipinski definition) is 19. The maximum atomic E-state index is 13.4. The van der Waals surface area contributed by atoms with Gasteiger partial charge in [0.15, 0.2) is 0 Å². The van der Waals surface area contributed by atoms with Crippen LogP contribution in [0.1, 0.15) is 71.4 Å². The fraction of sp³-hybridized carbons (Fsp3) is 0.172. The lowest BCUT2D eigenvalue weighted by molar-refractivity contribution is -0.384. The van der Waals surface area contributed by atoms with Crippen LogP contribution < -0.4 is 18.9 Å². The lowest BCUT2D eigenvalue weighted by Crippen LogP contribution is -2.07. The first-order valence-electron chi connectivity index (χ1n) is 35.2. The van der Waals surface area contributed by atoms with Crippen LogP contribution >= 0.6 is 11.3 Å². The van der Waals surface area contributed by atoms with Crippen molar-refractivity contribution >= 4 is 17.0 Å². The Kier molecular flexibility index (Phi) is 23.3. The minimum atomic E-state index is -4.43. The van der Waals surface area contributed by atoms with E-state index in [1.54, 1.807) is 95.2 Å². The molecule has 1 aliphatic rings. The first-order valence-corrected chi connectivity index (χ1v) is 36.2. The zero-order valence-electron chi connectivity index (χ0n) is 61.3. The standard InChI is InChI=1S/C23H17F3N2O2.C22H17N3O4.C21H18N2O2S.C21H22N2O2/c1-14-13-15(11-12-16(14)17-7-3-5-9-19(17)23(24,25)26)22-27-21(28-30-22)18-8-4-6-10-20(18)29-2;1-14-7-3-4-8-16(14)17-12-11-15(13-19(17)25(26)27)22-23-21(24-29-22)18-9-5-6-10-20(18)28-2;1-13-10-15(8-9-16(13)18-12-26-11-14(18)2)21-22-20(23-25-21)17-6-4-5-7-19(17)24-3;1-24-19-10-6-5-9-18(19)20-22-21(25-23-20)17-13-11-16(12-14-17)15-7-3-2-4-8-15/h3-13H,1-2H3;3-13H,1-2H3;4-12H,1-3H3;5-6,9-15H,2-4,7-8H2,1H3. The number of benzene rings is 10. The minimum absolute atomic E-state index is 0.0196. The van der Waals surface area contributed by atoms with Crippen LogP contribution in [0.4, 0.5) is 18.9 Å². The normalized spacial score (nSPS) is 12.0. The molecule has 16 rings (SSSR count). The van der Waals surface area contributed by atoms with Gasteiger partial charge < -0.3 is 37.0 Å². The van der Waals surface area contributed by atoms with Crippen LogP contribution in [0.15, 0.2) is 253 Å². The number of methoxy groups -OCH3 is 4. The molecule has 19 nitrogen and oxygen atoms in total. The molecule has 0 amide bonds. The smallest absolute Gasteiger partial charge is 0.417 e. The van der Waals surface area contributed by atoms with Crippen molar-refractivity contribution in [3.63, 3.8) is 0 Å². The number of para-hydroxylation sites is 4. The Bertz CT molecular complexity index is 5680. The highest BCUT2D eigenvalue weighted by Gasteiger charge is 2.34. The summed E-state index contributed by atoms with van der Waals surface area (Å²) in [5.74, 6) is 6.68. The SMILES string of the molecule is COc1ccccc1-c1noc(-c2ccc(-c3ccccc3C(F)(F)F)c(C)c2)n1.COc1ccccc1-c1noc(-c2ccc(-c3ccccc3C)c([N+](=O)[O-])c2)n1.COc1ccccc1-c1noc(-c2ccc(-c3cscc3C)c(C)c2)n1.COc1ccccc1-c1noc(-c2ccc(C3CCCCC3)cc2)n1. The molecule has 0 spiro atoms. The third-order valence-electron chi connectivity index (χ3n) is 18.8. The fourth-order valence-corrected chi connectivity index (χ4v) is 14.0. The van der Waals surface area contributed by atoms with Gasteiger partial charge in [0.25, 0.3) is 29.3 Å². The fourth-order valence-electron chi connectivity index (χ4n) is 13.2. The van der Waals surface area contributed by atoms with Crippen molar-refractivity contribution in [1.82, 2.24) is 40.6 Å². The first-order chi connectivity index (χ1) is 53.5. The van der Waals surface area contributed by atoms with E-state index >= 15 is 0 Å². The average molecular weight is 1490 g/mol. The molecule has 554 valence electrons. The summed E-state index contributed by atoms with van der Waals surface area (Å²) in [7, 11) is 6.40. The van der Waals surface area contributed by atoms with E-state index in [0.717, 1.165) is 50.9 Å². The number of alkyl halides is 3. The molecule has 5 aromatic heterocycles. The van der Waals surface area contributed by atoms with Gasteiger partial charge in [0.2, 0.25) is 23.3 Å². The van der Waals surface area contributed by atoms with E-state index in [2.05, 4.69) is 102 Å². The van der Waals surface area contributed by atoms with E-state index in [1.165, 1.54) is 78.1 Å². The molecule has 0 bridgehead atoms. The Hall–Kier alpha value is -13.2. The molecule has 1 aliphatic carbocycles. The van der Waals surface area contributed by atoms with Crippen LogP contribution in [0.5, 0.6) is 23.0 Å². The largest absolute Gasteiger partial charge is 0.496 e. The lowest BCUT2D eigenvalue weighted by Gasteiger charge is -2.21. The summed E-state index contributed by atoms with van der Waals surface area (Å²) < 4.78 is 83.3. The molecule has 0 radical (unpaired) electrons. The Labute approximate surface area is 636 Å². The van der Waals surface area contributed by atoms with Crippen LogP contribution in [-0.4, -0.2) is 73.9 Å². The highest BCUT2D eigenvalue weighted by Crippen LogP contribution is 2.42. The maximum Gasteiger partial charge on any atom is 0.417 e. The Morgan fingerprint density at radius 3 is 1.13 bits per heavy atom. The molecule has 1 fully saturated rings. The summed E-state index contributed by atoms with van der Waals surface area (Å²) in [5.41, 5.74) is 15.3. The Morgan fingerprint density at radius 2 is 0.736 bits per heavy atom. The molecular formula is C87H74F3N9O10S. The summed E-state index contributed by atoms with van der Waals surface area (Å²) >= 11 is 1.72. The number of hydrogen-bond donors (Lipinski definition) is 0. The molecular weight excluding hydrogens is 1420 g/mol. The molecule has 15 aromatic rings. The number of nitro groups is 1. The monoisotopic (exact) mass is 1490 g/mol. The zero-order chi connectivity index (χ0) is 76.8. The molecule has 5 heterocycles. The highest BCUT2D eigenvalue weighted by molar-refractivity contribution is 7.08. The number of aryl methyl sites for hydroxylation is 4. The summed E-state index contributed by atoms with van der Waals surface area (Å²) in [6.45, 7) is 7.91. The van der Waals surface area contributed by atoms with Crippen LogP contribution in [0.2, 0.25) is 0 Å². The van der Waals surface area contributed by atoms with Crippen LogP contribution in [-0.2, 0) is 6.18 Å². The molecule has 1 saturated carbocycles. The summed E-state index contributed by atoms with van der Waals surface area (Å²) in [5, 5.41) is 32.3. The summed E-state index contributed by atoms with van der Waals surface area (Å²) in [6, 6.07) is 67.8. The van der Waals surface area contributed by atoms with Gasteiger partial charge >= 0.3 is 6.18 Å². The number of nitro benzene ring substituents is 1. The van der Waals surface area contributed by atoms with Gasteiger partial charge in [0.1, 0.15) is 23.0 Å². The van der Waals surface area contributed by atoms with Gasteiger partial charge in [-0.2, -0.15) is 44.4 Å². The van der Waals surface area contributed by atoms with Crippen molar-refractivity contribution in [3.05, 3.63) is 279 Å². The van der Waals surface area contributed by atoms with Crippen molar-refractivity contribution in [2.45, 2.75) is 71.9 Å². The van der Waals surface area contributed by atoms with Crippen molar-refractivity contribution < 1.29 is 55.1 Å². The zero-order valence-corrected chi connectivity index (χ0v) is 62.1. The number of halogens is 3. The number of ether oxygens (including phenoxy) is 4. The van der Waals surface area contributed by atoms with Gasteiger partial charge in [-0.25, -0.2) is 0 Å². The van der Waals surface area contributed by atoms with Crippen molar-refractivity contribution in [2.24, 2.45) is 0 Å². The van der Waals surface area contributed by atoms with Gasteiger partial charge in [-0.15, -0.1) is 0 Å². The lowest BCUT2D eigenvalue weighted by atomic mass is 9.84. The molecule has 23 heteroatoms. The second-order valence-corrected chi connectivity index (χ2v) is 26.6. The Balaban J connectivity index is 0.000000129. The van der Waals surface area contributed by atoms with E-state index in [0.29, 0.717) is 91.4 Å². The third-order valence-corrected chi connectivity index (χ3v) is 19.7. The summed E-state index contributed by atoms with van der Waals surface area (Å²) in [4.78, 5) is 29.2. The highest BCUT2D eigenvalue weighted by atomic mass is 32.1. The number of thiophene rings is 1. The number of rotatable bonds is 17. The van der Waals surface area contributed by atoms with Crippen molar-refractivity contribution in [1.29, 1.82) is 0 Å². The molecule has 110 heavy (non-hydrogen) atoms. The number of nitrogens with zero attached hydrogens (tertiary/aromatic N) is 9. The third kappa shape index (κ3) is 17.0. The van der Waals surface area contributed by atoms with Gasteiger partial charge in [-0.05, 0) is 216 Å². The maximum absolute atomic E-state index is 13.4. The predicted molar refractivity (Wildman–Crippen MR) is 418 cm³/mol. The van der Waals surface area contributed by atoms with Gasteiger partial charge in [-0.3, -0.25) is 10.1 Å². The van der Waals surface area contributed by atoms with E-state index < -0.39 is 16.7 Å². The van der Waals surface area contributed by atoms with E-state index in [1.807, 2.05) is 122 Å². The average Bonchev–Trinajstić information content (AvgIpc) is 0.868. The van der Waals surface area contributed by atoms with Crippen LogP contribution in [0.3, 0.4) is 0 Å². The molecule has 0 aliphatic heterocycles. The Morgan fingerprint density at radius 1 is 0.382 bits per heavy atom. The summed E-state index contributed by atoms with van der Waals surface area (Å²) in [6.07, 6.45) is 2.24. The first kappa shape index (κ1) is 75.1. The number of aromatic nitrogens is 8. The van der Waals surface area contributed by atoms with Crippen LogP contribution in [0.25, 0.3) is 125 Å². The van der Waals surface area contributed by atoms with E-state index in [4.69, 9.17) is 37.0 Å². The van der Waals surface area contributed by atoms with Crippen molar-refractivity contribution in [3.8, 4) is 148 Å². The van der Waals surface area contributed by atoms with E-state index in [-0.39, 0.29) is 23.0 Å². The second kappa shape index (κ2) is 34.2. The molecule has 0 N–H and O–H groups in total. The molecule has 0 saturated heterocycles. The van der Waals surface area contributed by atoms with Gasteiger partial charge in [-0.1, -0.05) is 155 Å². The van der Waals surface area contributed by atoms with Crippen molar-refractivity contribution in [2.75, 3.05) is 28.4 Å².